The van der Waals surface area contributed by atoms with Crippen LogP contribution in [0.3, 0.4) is 0 Å². The first-order chi connectivity index (χ1) is 8.58. The van der Waals surface area contributed by atoms with Crippen molar-refractivity contribution in [1.82, 2.24) is 0 Å². The minimum atomic E-state index is -0.287. The van der Waals surface area contributed by atoms with Crippen molar-refractivity contribution in [3.8, 4) is 0 Å². The first-order valence-corrected chi connectivity index (χ1v) is 7.42. The number of nitrogens with two attached hydrogens (primary N) is 1. The summed E-state index contributed by atoms with van der Waals surface area (Å²) >= 11 is 2.17. The molecular formula is C14H18INO2. The molecule has 1 aliphatic rings. The van der Waals surface area contributed by atoms with Crippen molar-refractivity contribution in [3.05, 3.63) is 27.3 Å². The minimum absolute atomic E-state index is 0.0449. The molecule has 98 valence electrons. The molecule has 1 aliphatic carbocycles. The molecule has 0 radical (unpaired) electrons. The molecule has 0 heterocycles. The van der Waals surface area contributed by atoms with Gasteiger partial charge in [-0.1, -0.05) is 13.3 Å². The second kappa shape index (κ2) is 5.91. The molecule has 1 saturated carbocycles. The summed E-state index contributed by atoms with van der Waals surface area (Å²) in [5.74, 6) is 0.163. The van der Waals surface area contributed by atoms with E-state index in [-0.39, 0.29) is 12.1 Å². The number of hydrogen-bond acceptors (Lipinski definition) is 3. The van der Waals surface area contributed by atoms with E-state index >= 15 is 0 Å². The Morgan fingerprint density at radius 3 is 2.83 bits per heavy atom. The number of hydrogen-bond donors (Lipinski definition) is 1. The van der Waals surface area contributed by atoms with Gasteiger partial charge < -0.3 is 10.5 Å². The maximum Gasteiger partial charge on any atom is 0.340 e. The van der Waals surface area contributed by atoms with E-state index in [1.54, 1.807) is 12.1 Å². The number of carbonyl (C=O) groups is 1. The number of anilines is 1. The fraction of sp³-hybridized carbons (Fsp3) is 0.500. The molecule has 0 aromatic heterocycles. The summed E-state index contributed by atoms with van der Waals surface area (Å²) in [6, 6.07) is 5.42. The Hall–Kier alpha value is -0.780. The van der Waals surface area contributed by atoms with E-state index in [9.17, 15) is 4.79 Å². The van der Waals surface area contributed by atoms with Crippen molar-refractivity contribution in [2.24, 2.45) is 5.92 Å². The number of nitrogen functional groups attached to an aromatic ring is 1. The van der Waals surface area contributed by atoms with Crippen molar-refractivity contribution in [3.63, 3.8) is 0 Å². The lowest BCUT2D eigenvalue weighted by molar-refractivity contribution is 0.00492. The van der Waals surface area contributed by atoms with Crippen molar-refractivity contribution >= 4 is 34.2 Å². The molecule has 0 amide bonds. The highest BCUT2D eigenvalue weighted by Crippen LogP contribution is 2.28. The average Bonchev–Trinajstić information content (AvgIpc) is 2.35. The Labute approximate surface area is 121 Å². The van der Waals surface area contributed by atoms with Gasteiger partial charge in [-0.3, -0.25) is 0 Å². The predicted octanol–water partition coefficient (Wildman–Crippen LogP) is 3.61. The molecule has 18 heavy (non-hydrogen) atoms. The number of benzene rings is 1. The van der Waals surface area contributed by atoms with Gasteiger partial charge in [0.1, 0.15) is 6.10 Å². The van der Waals surface area contributed by atoms with Crippen molar-refractivity contribution in [2.45, 2.75) is 38.7 Å². The average molecular weight is 359 g/mol. The molecule has 1 fully saturated rings. The number of halogens is 1. The van der Waals surface area contributed by atoms with Crippen molar-refractivity contribution < 1.29 is 9.53 Å². The van der Waals surface area contributed by atoms with E-state index in [2.05, 4.69) is 29.5 Å². The summed E-state index contributed by atoms with van der Waals surface area (Å²) in [4.78, 5) is 12.1. The Morgan fingerprint density at radius 2 is 2.11 bits per heavy atom. The van der Waals surface area contributed by atoms with Crippen LogP contribution in [0, 0.1) is 9.49 Å². The van der Waals surface area contributed by atoms with Gasteiger partial charge in [-0.05, 0) is 66.0 Å². The van der Waals surface area contributed by atoms with Gasteiger partial charge >= 0.3 is 5.97 Å². The molecule has 2 atom stereocenters. The van der Waals surface area contributed by atoms with Gasteiger partial charge in [-0.25, -0.2) is 4.79 Å². The second-order valence-electron chi connectivity index (χ2n) is 4.94. The van der Waals surface area contributed by atoms with E-state index in [4.69, 9.17) is 10.5 Å². The predicted molar refractivity (Wildman–Crippen MR) is 80.4 cm³/mol. The lowest BCUT2D eigenvalue weighted by Gasteiger charge is -2.28. The van der Waals surface area contributed by atoms with Crippen molar-refractivity contribution in [2.75, 3.05) is 5.73 Å². The summed E-state index contributed by atoms with van der Waals surface area (Å²) in [7, 11) is 0. The van der Waals surface area contributed by atoms with Crippen LogP contribution >= 0.6 is 22.6 Å². The Kier molecular flexibility index (Phi) is 4.48. The van der Waals surface area contributed by atoms with Crippen LogP contribution in [0.2, 0.25) is 0 Å². The Morgan fingerprint density at radius 1 is 1.39 bits per heavy atom. The molecule has 0 aliphatic heterocycles. The van der Waals surface area contributed by atoms with Crippen LogP contribution in [0.1, 0.15) is 43.0 Å². The zero-order valence-electron chi connectivity index (χ0n) is 10.5. The lowest BCUT2D eigenvalue weighted by Crippen LogP contribution is -2.28. The summed E-state index contributed by atoms with van der Waals surface area (Å²) in [6.45, 7) is 2.15. The van der Waals surface area contributed by atoms with Gasteiger partial charge in [0.2, 0.25) is 0 Å². The fourth-order valence-electron chi connectivity index (χ4n) is 2.36. The molecule has 3 nitrogen and oxygen atoms in total. The van der Waals surface area contributed by atoms with Gasteiger partial charge in [-0.2, -0.15) is 0 Å². The molecule has 0 spiro atoms. The SMILES string of the molecule is CC1CCCCC1OC(=O)c1cc(I)ccc1N. The van der Waals surface area contributed by atoms with Gasteiger partial charge in [0.15, 0.2) is 0 Å². The maximum absolute atomic E-state index is 12.1. The summed E-state index contributed by atoms with van der Waals surface area (Å²) in [5.41, 5.74) is 6.80. The van der Waals surface area contributed by atoms with E-state index in [0.29, 0.717) is 17.2 Å². The summed E-state index contributed by atoms with van der Waals surface area (Å²) in [6.07, 6.45) is 4.53. The first kappa shape index (κ1) is 13.6. The molecule has 2 rings (SSSR count). The maximum atomic E-state index is 12.1. The monoisotopic (exact) mass is 359 g/mol. The van der Waals surface area contributed by atoms with Crippen molar-refractivity contribution in [1.29, 1.82) is 0 Å². The van der Waals surface area contributed by atoms with E-state index < -0.39 is 0 Å². The van der Waals surface area contributed by atoms with Gasteiger partial charge in [0.25, 0.3) is 0 Å². The van der Waals surface area contributed by atoms with Crippen LogP contribution in [0.25, 0.3) is 0 Å². The standard InChI is InChI=1S/C14H18INO2/c1-9-4-2-3-5-13(9)18-14(17)11-8-10(15)6-7-12(11)16/h6-9,13H,2-5,16H2,1H3. The first-order valence-electron chi connectivity index (χ1n) is 6.34. The number of ether oxygens (including phenoxy) is 1. The smallest absolute Gasteiger partial charge is 0.340 e. The quantitative estimate of drug-likeness (QED) is 0.499. The Balaban J connectivity index is 2.09. The van der Waals surface area contributed by atoms with Crippen LogP contribution in [-0.4, -0.2) is 12.1 Å². The van der Waals surface area contributed by atoms with Crippen LogP contribution in [0.4, 0.5) is 5.69 Å². The third-order valence-electron chi connectivity index (χ3n) is 3.53. The highest BCUT2D eigenvalue weighted by atomic mass is 127. The molecule has 1 aromatic carbocycles. The highest BCUT2D eigenvalue weighted by molar-refractivity contribution is 14.1. The van der Waals surface area contributed by atoms with Crippen LogP contribution in [0.15, 0.2) is 18.2 Å². The molecule has 1 aromatic rings. The highest BCUT2D eigenvalue weighted by Gasteiger charge is 2.25. The Bertz CT molecular complexity index is 447. The zero-order valence-corrected chi connectivity index (χ0v) is 12.6. The van der Waals surface area contributed by atoms with E-state index in [0.717, 1.165) is 22.8 Å². The normalized spacial score (nSPS) is 23.7. The topological polar surface area (TPSA) is 52.3 Å². The lowest BCUT2D eigenvalue weighted by atomic mass is 9.88. The van der Waals surface area contributed by atoms with Gasteiger partial charge in [0, 0.05) is 9.26 Å². The van der Waals surface area contributed by atoms with Gasteiger partial charge in [-0.15, -0.1) is 0 Å². The largest absolute Gasteiger partial charge is 0.458 e. The molecule has 4 heteroatoms. The van der Waals surface area contributed by atoms with E-state index in [1.807, 2.05) is 6.07 Å². The van der Waals surface area contributed by atoms with Crippen LogP contribution < -0.4 is 5.73 Å². The molecule has 2 unspecified atom stereocenters. The van der Waals surface area contributed by atoms with Crippen LogP contribution in [0.5, 0.6) is 0 Å². The minimum Gasteiger partial charge on any atom is -0.458 e. The van der Waals surface area contributed by atoms with Gasteiger partial charge in [0.05, 0.1) is 5.56 Å². The van der Waals surface area contributed by atoms with E-state index in [1.165, 1.54) is 6.42 Å². The molecule has 0 saturated heterocycles. The molecule has 0 bridgehead atoms. The fourth-order valence-corrected chi connectivity index (χ4v) is 2.85. The number of rotatable bonds is 2. The third-order valence-corrected chi connectivity index (χ3v) is 4.20. The zero-order chi connectivity index (χ0) is 13.1. The summed E-state index contributed by atoms with van der Waals surface area (Å²) in [5, 5.41) is 0. The third kappa shape index (κ3) is 3.16. The summed E-state index contributed by atoms with van der Waals surface area (Å²) < 4.78 is 6.59. The second-order valence-corrected chi connectivity index (χ2v) is 6.18. The molecule has 2 N–H and O–H groups in total. The van der Waals surface area contributed by atoms with Crippen LogP contribution in [-0.2, 0) is 4.74 Å². The number of esters is 1. The molecular weight excluding hydrogens is 341 g/mol. The number of carbonyl (C=O) groups excluding carboxylic acids is 1.